The molecule has 3 N–H and O–H groups in total. The summed E-state index contributed by atoms with van der Waals surface area (Å²) in [6.45, 7) is 7.80. The molecule has 0 aromatic carbocycles. The van der Waals surface area contributed by atoms with Gasteiger partial charge < -0.3 is 20.6 Å². The van der Waals surface area contributed by atoms with Gasteiger partial charge in [-0.3, -0.25) is 14.5 Å². The molecule has 0 bridgehead atoms. The number of hydrogen-bond donors (Lipinski definition) is 3. The lowest BCUT2D eigenvalue weighted by Gasteiger charge is -2.46. The van der Waals surface area contributed by atoms with Crippen LogP contribution in [0.25, 0.3) is 0 Å². The molecule has 3 rings (SSSR count). The van der Waals surface area contributed by atoms with E-state index in [0.29, 0.717) is 18.4 Å². The molecule has 148 valence electrons. The number of carboxylic acid groups (broad SMARTS) is 1. The topological polar surface area (TPSA) is 84.9 Å². The van der Waals surface area contributed by atoms with Crippen LogP contribution >= 0.6 is 0 Å². The van der Waals surface area contributed by atoms with Crippen molar-refractivity contribution in [3.8, 4) is 0 Å². The van der Waals surface area contributed by atoms with E-state index in [4.69, 9.17) is 5.11 Å². The van der Waals surface area contributed by atoms with Crippen molar-refractivity contribution in [1.29, 1.82) is 0 Å². The number of piperazine rings is 1. The smallest absolute Gasteiger partial charge is 0.322 e. The Morgan fingerprint density at radius 3 is 2.65 bits per heavy atom. The molecule has 2 atom stereocenters. The summed E-state index contributed by atoms with van der Waals surface area (Å²) < 4.78 is 0. The first-order chi connectivity index (χ1) is 12.6. The van der Waals surface area contributed by atoms with Crippen molar-refractivity contribution >= 4 is 11.9 Å². The molecule has 3 aliphatic rings. The molecule has 26 heavy (non-hydrogen) atoms. The quantitative estimate of drug-likeness (QED) is 0.603. The van der Waals surface area contributed by atoms with Crippen molar-refractivity contribution < 1.29 is 14.7 Å². The van der Waals surface area contributed by atoms with Gasteiger partial charge in [-0.15, -0.1) is 0 Å². The van der Waals surface area contributed by atoms with Gasteiger partial charge in [0.1, 0.15) is 6.54 Å². The van der Waals surface area contributed by atoms with Gasteiger partial charge in [0, 0.05) is 32.1 Å². The van der Waals surface area contributed by atoms with E-state index >= 15 is 0 Å². The summed E-state index contributed by atoms with van der Waals surface area (Å²) in [5, 5.41) is 14.6. The molecular formula is C19H34N4O3. The molecule has 7 heteroatoms. The van der Waals surface area contributed by atoms with Crippen molar-refractivity contribution in [2.24, 2.45) is 11.8 Å². The van der Waals surface area contributed by atoms with Crippen molar-refractivity contribution in [2.75, 3.05) is 52.4 Å². The Bertz CT molecular complexity index is 481. The molecule has 1 unspecified atom stereocenters. The summed E-state index contributed by atoms with van der Waals surface area (Å²) in [5.41, 5.74) is 0. The van der Waals surface area contributed by atoms with Gasteiger partial charge in [-0.1, -0.05) is 0 Å². The first-order valence-corrected chi connectivity index (χ1v) is 10.3. The van der Waals surface area contributed by atoms with E-state index in [0.717, 1.165) is 38.4 Å². The average Bonchev–Trinajstić information content (AvgIpc) is 2.65. The third kappa shape index (κ3) is 5.93. The molecule has 0 spiro atoms. The highest BCUT2D eigenvalue weighted by Gasteiger charge is 2.33. The van der Waals surface area contributed by atoms with Crippen LogP contribution in [0.5, 0.6) is 0 Å². The van der Waals surface area contributed by atoms with Crippen LogP contribution in [0.15, 0.2) is 0 Å². The number of amides is 1. The predicted molar refractivity (Wildman–Crippen MR) is 100.0 cm³/mol. The van der Waals surface area contributed by atoms with Crippen LogP contribution in [0.4, 0.5) is 0 Å². The van der Waals surface area contributed by atoms with E-state index in [2.05, 4.69) is 20.4 Å². The van der Waals surface area contributed by atoms with Crippen LogP contribution < -0.4 is 10.6 Å². The summed E-state index contributed by atoms with van der Waals surface area (Å²) >= 11 is 0. The summed E-state index contributed by atoms with van der Waals surface area (Å²) in [7, 11) is 0. The lowest BCUT2D eigenvalue weighted by molar-refractivity contribution is -0.138. The Morgan fingerprint density at radius 1 is 1.08 bits per heavy atom. The van der Waals surface area contributed by atoms with Crippen LogP contribution in [0.3, 0.4) is 0 Å². The molecule has 3 aliphatic heterocycles. The van der Waals surface area contributed by atoms with E-state index in [9.17, 15) is 9.59 Å². The van der Waals surface area contributed by atoms with Crippen molar-refractivity contribution in [3.63, 3.8) is 0 Å². The van der Waals surface area contributed by atoms with Gasteiger partial charge in [0.25, 0.3) is 0 Å². The molecule has 1 amide bonds. The zero-order valence-electron chi connectivity index (χ0n) is 15.8. The molecule has 3 heterocycles. The standard InChI is InChI=1S/C19H34N4O3/c24-18(21-13-19(25)26)12-16-4-8-23-10-9-22(14-17(23)11-16)7-3-15-1-5-20-6-2-15/h15-17,20H,1-14H2,(H,21,24)(H,25,26)/t16?,17-/m1/s1. The number of nitrogens with zero attached hydrogens (tertiary/aromatic N) is 2. The molecule has 0 saturated carbocycles. The monoisotopic (exact) mass is 366 g/mol. The number of carbonyl (C=O) groups excluding carboxylic acids is 1. The van der Waals surface area contributed by atoms with Crippen molar-refractivity contribution in [2.45, 2.75) is 44.6 Å². The molecular weight excluding hydrogens is 332 g/mol. The third-order valence-corrected chi connectivity index (χ3v) is 6.34. The van der Waals surface area contributed by atoms with E-state index in [-0.39, 0.29) is 12.5 Å². The third-order valence-electron chi connectivity index (χ3n) is 6.34. The molecule has 7 nitrogen and oxygen atoms in total. The molecule has 0 radical (unpaired) electrons. The largest absolute Gasteiger partial charge is 0.480 e. The second-order valence-electron chi connectivity index (χ2n) is 8.24. The zero-order chi connectivity index (χ0) is 18.4. The number of rotatable bonds is 7. The van der Waals surface area contributed by atoms with Gasteiger partial charge in [0.15, 0.2) is 0 Å². The van der Waals surface area contributed by atoms with Gasteiger partial charge in [-0.05, 0) is 70.1 Å². The fraction of sp³-hybridized carbons (Fsp3) is 0.895. The fourth-order valence-electron chi connectivity index (χ4n) is 4.76. The number of nitrogens with one attached hydrogen (secondary N) is 2. The van der Waals surface area contributed by atoms with Crippen LogP contribution in [0, 0.1) is 11.8 Å². The highest BCUT2D eigenvalue weighted by Crippen LogP contribution is 2.28. The van der Waals surface area contributed by atoms with Gasteiger partial charge in [-0.25, -0.2) is 0 Å². The minimum atomic E-state index is -0.982. The van der Waals surface area contributed by atoms with Gasteiger partial charge >= 0.3 is 5.97 Å². The van der Waals surface area contributed by atoms with Crippen LogP contribution in [-0.4, -0.2) is 85.2 Å². The van der Waals surface area contributed by atoms with Gasteiger partial charge in [0.05, 0.1) is 0 Å². The predicted octanol–water partition coefficient (Wildman–Crippen LogP) is 0.363. The minimum absolute atomic E-state index is 0.121. The zero-order valence-corrected chi connectivity index (χ0v) is 15.8. The van der Waals surface area contributed by atoms with Crippen molar-refractivity contribution in [1.82, 2.24) is 20.4 Å². The number of hydrogen-bond acceptors (Lipinski definition) is 5. The molecule has 3 fully saturated rings. The Kier molecular flexibility index (Phi) is 7.28. The summed E-state index contributed by atoms with van der Waals surface area (Å²) in [4.78, 5) is 27.7. The van der Waals surface area contributed by atoms with E-state index in [1.165, 1.54) is 45.4 Å². The molecule has 0 aliphatic carbocycles. The molecule has 0 aromatic rings. The minimum Gasteiger partial charge on any atom is -0.480 e. The Balaban J connectivity index is 1.39. The van der Waals surface area contributed by atoms with Gasteiger partial charge in [-0.2, -0.15) is 0 Å². The summed E-state index contributed by atoms with van der Waals surface area (Å²) in [6.07, 6.45) is 6.52. The van der Waals surface area contributed by atoms with Crippen molar-refractivity contribution in [3.05, 3.63) is 0 Å². The fourth-order valence-corrected chi connectivity index (χ4v) is 4.76. The maximum Gasteiger partial charge on any atom is 0.322 e. The molecule has 0 aromatic heterocycles. The Morgan fingerprint density at radius 2 is 1.88 bits per heavy atom. The SMILES string of the molecule is O=C(O)CNC(=O)CC1CCN2CCN(CCC3CCNCC3)C[C@H]2C1. The Hall–Kier alpha value is -1.18. The summed E-state index contributed by atoms with van der Waals surface area (Å²) in [6, 6.07) is 0.558. The van der Waals surface area contributed by atoms with Crippen LogP contribution in [0.2, 0.25) is 0 Å². The second-order valence-corrected chi connectivity index (χ2v) is 8.24. The lowest BCUT2D eigenvalue weighted by Crippen LogP contribution is -2.56. The average molecular weight is 367 g/mol. The highest BCUT2D eigenvalue weighted by atomic mass is 16.4. The number of aliphatic carboxylic acids is 1. The first-order valence-electron chi connectivity index (χ1n) is 10.3. The number of piperidine rings is 2. The maximum absolute atomic E-state index is 11.9. The first kappa shape index (κ1) is 19.6. The number of fused-ring (bicyclic) bond motifs is 1. The normalized spacial score (nSPS) is 28.5. The number of carbonyl (C=O) groups is 2. The number of carboxylic acids is 1. The van der Waals surface area contributed by atoms with Crippen LogP contribution in [-0.2, 0) is 9.59 Å². The second kappa shape index (κ2) is 9.67. The van der Waals surface area contributed by atoms with E-state index < -0.39 is 5.97 Å². The highest BCUT2D eigenvalue weighted by molar-refractivity contribution is 5.81. The van der Waals surface area contributed by atoms with Gasteiger partial charge in [0.2, 0.25) is 5.91 Å². The van der Waals surface area contributed by atoms with E-state index in [1.54, 1.807) is 0 Å². The lowest BCUT2D eigenvalue weighted by atomic mass is 9.86. The maximum atomic E-state index is 11.9. The van der Waals surface area contributed by atoms with Crippen LogP contribution in [0.1, 0.15) is 38.5 Å². The Labute approximate surface area is 156 Å². The molecule has 3 saturated heterocycles. The van der Waals surface area contributed by atoms with E-state index in [1.807, 2.05) is 0 Å². The summed E-state index contributed by atoms with van der Waals surface area (Å²) in [5.74, 6) is 0.162.